The number of hydrogen-bond donors (Lipinski definition) is 3. The monoisotopic (exact) mass is 448 g/mol. The third-order valence-electron chi connectivity index (χ3n) is 5.46. The lowest BCUT2D eigenvalue weighted by molar-refractivity contribution is 0.102. The highest BCUT2D eigenvalue weighted by Crippen LogP contribution is 2.33. The summed E-state index contributed by atoms with van der Waals surface area (Å²) in [7, 11) is 0. The van der Waals surface area contributed by atoms with Crippen molar-refractivity contribution in [1.82, 2.24) is 19.9 Å². The van der Waals surface area contributed by atoms with Gasteiger partial charge in [0.15, 0.2) is 0 Å². The smallest absolute Gasteiger partial charge is 0.275 e. The van der Waals surface area contributed by atoms with Crippen molar-refractivity contribution in [2.45, 2.75) is 0 Å². The Morgan fingerprint density at radius 2 is 1.91 bits per heavy atom. The largest absolute Gasteiger partial charge is 0.494 e. The fourth-order valence-electron chi connectivity index (χ4n) is 3.83. The van der Waals surface area contributed by atoms with Crippen LogP contribution in [0.5, 0.6) is 5.88 Å². The van der Waals surface area contributed by atoms with Crippen LogP contribution in [0.3, 0.4) is 0 Å². The maximum absolute atomic E-state index is 12.9. The third-order valence-corrected chi connectivity index (χ3v) is 5.79. The molecule has 4 heterocycles. The normalized spacial score (nSPS) is 14.0. The fraction of sp³-hybridized carbons (Fsp3) is 0.174. The van der Waals surface area contributed by atoms with Gasteiger partial charge in [-0.15, -0.1) is 0 Å². The van der Waals surface area contributed by atoms with E-state index < -0.39 is 0 Å². The van der Waals surface area contributed by atoms with Crippen molar-refractivity contribution in [3.05, 3.63) is 71.6 Å². The molecule has 4 aromatic rings. The Morgan fingerprint density at radius 1 is 1.09 bits per heavy atom. The molecule has 1 fully saturated rings. The molecule has 1 aliphatic heterocycles. The van der Waals surface area contributed by atoms with Gasteiger partial charge in [0.25, 0.3) is 5.91 Å². The summed E-state index contributed by atoms with van der Waals surface area (Å²) >= 11 is 6.25. The molecule has 0 aliphatic carbocycles. The predicted molar refractivity (Wildman–Crippen MR) is 125 cm³/mol. The van der Waals surface area contributed by atoms with Crippen LogP contribution in [0.25, 0.3) is 16.6 Å². The first-order chi connectivity index (χ1) is 15.6. The number of hydrogen-bond acceptors (Lipinski definition) is 6. The summed E-state index contributed by atoms with van der Waals surface area (Å²) in [6.07, 6.45) is 3.39. The van der Waals surface area contributed by atoms with E-state index in [0.29, 0.717) is 27.4 Å². The van der Waals surface area contributed by atoms with E-state index in [1.54, 1.807) is 48.8 Å². The van der Waals surface area contributed by atoms with Crippen molar-refractivity contribution in [3.63, 3.8) is 0 Å². The number of aromatic hydroxyl groups is 1. The Hall–Kier alpha value is -3.62. The zero-order valence-corrected chi connectivity index (χ0v) is 17.9. The number of halogens is 1. The van der Waals surface area contributed by atoms with E-state index in [-0.39, 0.29) is 17.5 Å². The molecule has 3 N–H and O–H groups in total. The van der Waals surface area contributed by atoms with E-state index >= 15 is 0 Å². The SMILES string of the molecule is O=C(Nc1cc(N2CCNCC2)ccn1)c1cccc(-n2cc3c(Cl)cccc3c2O)n1. The molecule has 8 nitrogen and oxygen atoms in total. The molecular weight excluding hydrogens is 428 g/mol. The first-order valence-corrected chi connectivity index (χ1v) is 10.7. The Bertz CT molecular complexity index is 1300. The molecule has 0 saturated carbocycles. The molecule has 1 aliphatic rings. The number of piperazine rings is 1. The average molecular weight is 449 g/mol. The number of nitrogens with one attached hydrogen (secondary N) is 2. The molecule has 0 unspecified atom stereocenters. The van der Waals surface area contributed by atoms with E-state index in [1.165, 1.54) is 4.57 Å². The van der Waals surface area contributed by atoms with Crippen LogP contribution in [0.15, 0.2) is 60.9 Å². The minimum Gasteiger partial charge on any atom is -0.494 e. The van der Waals surface area contributed by atoms with Crippen LogP contribution in [-0.4, -0.2) is 51.7 Å². The predicted octanol–water partition coefficient (Wildman–Crippen LogP) is 3.44. The number of anilines is 2. The topological polar surface area (TPSA) is 95.3 Å². The van der Waals surface area contributed by atoms with E-state index in [2.05, 4.69) is 25.5 Å². The van der Waals surface area contributed by atoms with Gasteiger partial charge in [-0.2, -0.15) is 0 Å². The van der Waals surface area contributed by atoms with Crippen LogP contribution in [0.1, 0.15) is 10.5 Å². The lowest BCUT2D eigenvalue weighted by Crippen LogP contribution is -2.43. The number of benzene rings is 1. The van der Waals surface area contributed by atoms with Gasteiger partial charge in [0.1, 0.15) is 17.3 Å². The van der Waals surface area contributed by atoms with Gasteiger partial charge < -0.3 is 20.6 Å². The van der Waals surface area contributed by atoms with E-state index in [9.17, 15) is 9.90 Å². The molecule has 32 heavy (non-hydrogen) atoms. The number of carbonyl (C=O) groups excluding carboxylic acids is 1. The quantitative estimate of drug-likeness (QED) is 0.442. The lowest BCUT2D eigenvalue weighted by Gasteiger charge is -2.29. The summed E-state index contributed by atoms with van der Waals surface area (Å²) in [5.41, 5.74) is 1.22. The first-order valence-electron chi connectivity index (χ1n) is 10.3. The summed E-state index contributed by atoms with van der Waals surface area (Å²) in [5, 5.41) is 18.6. The van der Waals surface area contributed by atoms with Gasteiger partial charge in [-0.25, -0.2) is 9.97 Å². The third kappa shape index (κ3) is 3.86. The van der Waals surface area contributed by atoms with Crippen LogP contribution >= 0.6 is 11.6 Å². The van der Waals surface area contributed by atoms with Crippen molar-refractivity contribution in [1.29, 1.82) is 0 Å². The van der Waals surface area contributed by atoms with Gasteiger partial charge in [0, 0.05) is 61.1 Å². The number of nitrogens with zero attached hydrogens (tertiary/aromatic N) is 4. The van der Waals surface area contributed by atoms with Gasteiger partial charge in [-0.3, -0.25) is 9.36 Å². The first kappa shape index (κ1) is 20.3. The van der Waals surface area contributed by atoms with Gasteiger partial charge in [-0.05, 0) is 30.3 Å². The van der Waals surface area contributed by atoms with Crippen molar-refractivity contribution >= 4 is 39.8 Å². The minimum absolute atomic E-state index is 0.0120. The van der Waals surface area contributed by atoms with E-state index in [4.69, 9.17) is 11.6 Å². The zero-order chi connectivity index (χ0) is 22.1. The molecule has 9 heteroatoms. The highest BCUT2D eigenvalue weighted by Gasteiger charge is 2.16. The van der Waals surface area contributed by atoms with E-state index in [0.717, 1.165) is 31.9 Å². The number of carbonyl (C=O) groups is 1. The zero-order valence-electron chi connectivity index (χ0n) is 17.1. The maximum Gasteiger partial charge on any atom is 0.275 e. The second-order valence-corrected chi connectivity index (χ2v) is 7.90. The van der Waals surface area contributed by atoms with Crippen LogP contribution in [0, 0.1) is 0 Å². The highest BCUT2D eigenvalue weighted by atomic mass is 35.5. The van der Waals surface area contributed by atoms with Crippen molar-refractivity contribution in [2.75, 3.05) is 36.4 Å². The molecule has 0 spiro atoms. The van der Waals surface area contributed by atoms with Crippen LogP contribution in [0.4, 0.5) is 11.5 Å². The second kappa shape index (κ2) is 8.49. The summed E-state index contributed by atoms with van der Waals surface area (Å²) in [5.74, 6) is 0.494. The lowest BCUT2D eigenvalue weighted by atomic mass is 10.2. The molecule has 1 aromatic carbocycles. The van der Waals surface area contributed by atoms with Crippen LogP contribution < -0.4 is 15.5 Å². The van der Waals surface area contributed by atoms with E-state index in [1.807, 2.05) is 12.1 Å². The van der Waals surface area contributed by atoms with Crippen molar-refractivity contribution in [2.24, 2.45) is 0 Å². The van der Waals surface area contributed by atoms with Crippen molar-refractivity contribution in [3.8, 4) is 11.7 Å². The van der Waals surface area contributed by atoms with Crippen molar-refractivity contribution < 1.29 is 9.90 Å². The minimum atomic E-state index is -0.383. The molecule has 0 radical (unpaired) electrons. The second-order valence-electron chi connectivity index (χ2n) is 7.50. The summed E-state index contributed by atoms with van der Waals surface area (Å²) < 4.78 is 1.51. The van der Waals surface area contributed by atoms with Crippen LogP contribution in [-0.2, 0) is 0 Å². The molecule has 5 rings (SSSR count). The highest BCUT2D eigenvalue weighted by molar-refractivity contribution is 6.35. The fourth-order valence-corrected chi connectivity index (χ4v) is 4.05. The molecule has 1 amide bonds. The number of rotatable bonds is 4. The van der Waals surface area contributed by atoms with Gasteiger partial charge >= 0.3 is 0 Å². The van der Waals surface area contributed by atoms with Gasteiger partial charge in [0.2, 0.25) is 5.88 Å². The molecular formula is C23H21ClN6O2. The Labute approximate surface area is 189 Å². The molecule has 0 bridgehead atoms. The number of fused-ring (bicyclic) bond motifs is 1. The summed E-state index contributed by atoms with van der Waals surface area (Å²) in [6.45, 7) is 3.65. The molecule has 3 aromatic heterocycles. The van der Waals surface area contributed by atoms with Gasteiger partial charge in [0.05, 0.1) is 5.02 Å². The maximum atomic E-state index is 12.9. The standard InChI is InChI=1S/C23H21ClN6O2/c24-18-4-1-3-16-17(18)14-30(23(16)32)21-6-2-5-19(27-21)22(31)28-20-13-15(7-8-26-20)29-11-9-25-10-12-29/h1-8,13-14,25,32H,9-12H2,(H,26,28,31). The molecule has 162 valence electrons. The summed E-state index contributed by atoms with van der Waals surface area (Å²) in [4.78, 5) is 23.8. The Morgan fingerprint density at radius 3 is 2.72 bits per heavy atom. The number of aromatic nitrogens is 3. The molecule has 1 saturated heterocycles. The average Bonchev–Trinajstić information content (AvgIpc) is 3.18. The van der Waals surface area contributed by atoms with Crippen LogP contribution in [0.2, 0.25) is 5.02 Å². The number of amides is 1. The Kier molecular flexibility index (Phi) is 5.38. The number of pyridine rings is 2. The Balaban J connectivity index is 1.40. The van der Waals surface area contributed by atoms with Gasteiger partial charge in [-0.1, -0.05) is 23.7 Å². The molecule has 0 atom stereocenters. The summed E-state index contributed by atoms with van der Waals surface area (Å²) in [6, 6.07) is 14.1.